The van der Waals surface area contributed by atoms with Crippen LogP contribution in [0.15, 0.2) is 5.11 Å². The van der Waals surface area contributed by atoms with E-state index in [1.165, 1.54) is 0 Å². The standard InChI is InChI=1S/C12H20N4O4/c1-12(2,3)20-11(19)14-8-5-4-7(10(17)18)6-9(8)15-16-13/h7-9H,4-6H2,1-3H3,(H,14,19)(H,17,18)/t7-,8+,9-/m1/s1. The molecule has 8 nitrogen and oxygen atoms in total. The fraction of sp³-hybridized carbons (Fsp3) is 0.833. The van der Waals surface area contributed by atoms with Crippen LogP contribution in [0.2, 0.25) is 0 Å². The first kappa shape index (κ1) is 16.1. The van der Waals surface area contributed by atoms with Gasteiger partial charge >= 0.3 is 12.1 Å². The van der Waals surface area contributed by atoms with E-state index in [1.807, 2.05) is 0 Å². The van der Waals surface area contributed by atoms with E-state index >= 15 is 0 Å². The highest BCUT2D eigenvalue weighted by atomic mass is 16.6. The number of carbonyl (C=O) groups excluding carboxylic acids is 1. The molecule has 2 N–H and O–H groups in total. The normalized spacial score (nSPS) is 26.2. The van der Waals surface area contributed by atoms with Crippen molar-refractivity contribution in [3.63, 3.8) is 0 Å². The first-order valence-corrected chi connectivity index (χ1v) is 6.49. The lowest BCUT2D eigenvalue weighted by atomic mass is 9.83. The van der Waals surface area contributed by atoms with Crippen LogP contribution in [-0.2, 0) is 9.53 Å². The topological polar surface area (TPSA) is 124 Å². The van der Waals surface area contributed by atoms with Gasteiger partial charge in [-0.25, -0.2) is 4.79 Å². The summed E-state index contributed by atoms with van der Waals surface area (Å²) < 4.78 is 5.14. The van der Waals surface area contributed by atoms with Crippen LogP contribution in [0.1, 0.15) is 40.0 Å². The number of nitrogens with one attached hydrogen (secondary N) is 1. The number of azide groups is 1. The Kier molecular flexibility index (Phi) is 5.21. The molecule has 1 aliphatic rings. The largest absolute Gasteiger partial charge is 0.481 e. The minimum absolute atomic E-state index is 0.222. The Balaban J connectivity index is 2.66. The Morgan fingerprint density at radius 2 is 2.05 bits per heavy atom. The molecule has 0 aromatic heterocycles. The molecule has 0 unspecified atom stereocenters. The number of alkyl carbamates (subject to hydrolysis) is 1. The molecule has 1 amide bonds. The molecule has 1 rings (SSSR count). The number of rotatable bonds is 3. The zero-order valence-electron chi connectivity index (χ0n) is 11.9. The van der Waals surface area contributed by atoms with Crippen LogP contribution in [0.3, 0.4) is 0 Å². The summed E-state index contributed by atoms with van der Waals surface area (Å²) in [5, 5.41) is 15.2. The summed E-state index contributed by atoms with van der Waals surface area (Å²) >= 11 is 0. The van der Waals surface area contributed by atoms with Gasteiger partial charge in [0.2, 0.25) is 0 Å². The van der Waals surface area contributed by atoms with E-state index in [1.54, 1.807) is 20.8 Å². The second kappa shape index (κ2) is 6.47. The van der Waals surface area contributed by atoms with E-state index in [0.29, 0.717) is 12.8 Å². The number of hydrogen-bond acceptors (Lipinski definition) is 4. The second-order valence-corrected chi connectivity index (χ2v) is 5.87. The van der Waals surface area contributed by atoms with Gasteiger partial charge in [0.15, 0.2) is 0 Å². The molecule has 1 aliphatic carbocycles. The van der Waals surface area contributed by atoms with E-state index < -0.39 is 35.7 Å². The average Bonchev–Trinajstić information content (AvgIpc) is 2.28. The molecule has 0 saturated heterocycles. The predicted molar refractivity (Wildman–Crippen MR) is 71.1 cm³/mol. The van der Waals surface area contributed by atoms with Crippen LogP contribution in [0.5, 0.6) is 0 Å². The molecule has 0 bridgehead atoms. The lowest BCUT2D eigenvalue weighted by Crippen LogP contribution is -2.48. The van der Waals surface area contributed by atoms with Gasteiger partial charge in [0.1, 0.15) is 5.60 Å². The number of carbonyl (C=O) groups is 2. The van der Waals surface area contributed by atoms with Crippen molar-refractivity contribution in [2.24, 2.45) is 11.0 Å². The fourth-order valence-electron chi connectivity index (χ4n) is 2.19. The van der Waals surface area contributed by atoms with Gasteiger partial charge in [-0.2, -0.15) is 0 Å². The predicted octanol–water partition coefficient (Wildman–Crippen LogP) is 2.44. The second-order valence-electron chi connectivity index (χ2n) is 5.87. The Morgan fingerprint density at radius 3 is 2.55 bits per heavy atom. The Bertz CT molecular complexity index is 426. The number of carboxylic acids is 1. The maximum atomic E-state index is 11.7. The quantitative estimate of drug-likeness (QED) is 0.469. The van der Waals surface area contributed by atoms with Gasteiger partial charge in [-0.05, 0) is 45.6 Å². The summed E-state index contributed by atoms with van der Waals surface area (Å²) in [6, 6.07) is -0.960. The third-order valence-corrected chi connectivity index (χ3v) is 3.07. The monoisotopic (exact) mass is 284 g/mol. The first-order chi connectivity index (χ1) is 9.23. The molecule has 112 valence electrons. The van der Waals surface area contributed by atoms with Crippen molar-refractivity contribution in [3.05, 3.63) is 10.4 Å². The van der Waals surface area contributed by atoms with Crippen molar-refractivity contribution in [3.8, 4) is 0 Å². The van der Waals surface area contributed by atoms with Crippen LogP contribution >= 0.6 is 0 Å². The number of carboxylic acid groups (broad SMARTS) is 1. The van der Waals surface area contributed by atoms with Crippen molar-refractivity contribution in [2.75, 3.05) is 0 Å². The number of amides is 1. The molecule has 1 fully saturated rings. The lowest BCUT2D eigenvalue weighted by Gasteiger charge is -2.32. The number of ether oxygens (including phenoxy) is 1. The molecule has 1 saturated carbocycles. The molecule has 0 spiro atoms. The summed E-state index contributed by atoms with van der Waals surface area (Å²) in [5.41, 5.74) is 7.93. The average molecular weight is 284 g/mol. The Labute approximate surface area is 117 Å². The molecule has 0 radical (unpaired) electrons. The van der Waals surface area contributed by atoms with Crippen LogP contribution in [-0.4, -0.2) is 34.9 Å². The zero-order valence-corrected chi connectivity index (χ0v) is 11.9. The lowest BCUT2D eigenvalue weighted by molar-refractivity contribution is -0.143. The molecule has 0 aromatic rings. The van der Waals surface area contributed by atoms with Gasteiger partial charge in [-0.3, -0.25) is 4.79 Å². The van der Waals surface area contributed by atoms with E-state index in [-0.39, 0.29) is 6.42 Å². The van der Waals surface area contributed by atoms with E-state index in [0.717, 1.165) is 0 Å². The summed E-state index contributed by atoms with van der Waals surface area (Å²) in [5.74, 6) is -1.44. The Morgan fingerprint density at radius 1 is 1.40 bits per heavy atom. The summed E-state index contributed by atoms with van der Waals surface area (Å²) in [6.07, 6.45) is 0.516. The molecular weight excluding hydrogens is 264 g/mol. The van der Waals surface area contributed by atoms with E-state index in [2.05, 4.69) is 15.3 Å². The van der Waals surface area contributed by atoms with Gasteiger partial charge in [0.25, 0.3) is 0 Å². The maximum Gasteiger partial charge on any atom is 0.407 e. The molecule has 0 aromatic carbocycles. The summed E-state index contributed by atoms with van der Waals surface area (Å²) in [7, 11) is 0. The molecular formula is C12H20N4O4. The summed E-state index contributed by atoms with van der Waals surface area (Å²) in [6.45, 7) is 5.25. The van der Waals surface area contributed by atoms with E-state index in [9.17, 15) is 9.59 Å². The van der Waals surface area contributed by atoms with Crippen LogP contribution in [0.25, 0.3) is 10.4 Å². The third kappa shape index (κ3) is 4.97. The minimum Gasteiger partial charge on any atom is -0.481 e. The van der Waals surface area contributed by atoms with Crippen molar-refractivity contribution in [2.45, 2.75) is 57.7 Å². The first-order valence-electron chi connectivity index (χ1n) is 6.49. The number of nitrogens with zero attached hydrogens (tertiary/aromatic N) is 3. The van der Waals surface area contributed by atoms with Gasteiger partial charge in [-0.15, -0.1) is 0 Å². The number of hydrogen-bond donors (Lipinski definition) is 2. The molecule has 0 aliphatic heterocycles. The van der Waals surface area contributed by atoms with Gasteiger partial charge in [-0.1, -0.05) is 5.11 Å². The van der Waals surface area contributed by atoms with Gasteiger partial charge in [0.05, 0.1) is 12.0 Å². The van der Waals surface area contributed by atoms with Gasteiger partial charge < -0.3 is 15.2 Å². The number of aliphatic carboxylic acids is 1. The van der Waals surface area contributed by atoms with Crippen molar-refractivity contribution >= 4 is 12.1 Å². The Hall–Kier alpha value is -1.95. The highest BCUT2D eigenvalue weighted by molar-refractivity contribution is 5.71. The zero-order chi connectivity index (χ0) is 15.3. The van der Waals surface area contributed by atoms with Crippen molar-refractivity contribution < 1.29 is 19.4 Å². The molecule has 0 heterocycles. The highest BCUT2D eigenvalue weighted by Crippen LogP contribution is 2.27. The molecule has 3 atom stereocenters. The highest BCUT2D eigenvalue weighted by Gasteiger charge is 2.34. The molecule has 20 heavy (non-hydrogen) atoms. The van der Waals surface area contributed by atoms with Crippen molar-refractivity contribution in [1.82, 2.24) is 5.32 Å². The van der Waals surface area contributed by atoms with Crippen LogP contribution in [0, 0.1) is 5.92 Å². The maximum absolute atomic E-state index is 11.7. The van der Waals surface area contributed by atoms with Gasteiger partial charge in [0, 0.05) is 11.0 Å². The minimum atomic E-state index is -0.904. The van der Waals surface area contributed by atoms with Crippen LogP contribution in [0.4, 0.5) is 4.79 Å². The SMILES string of the molecule is CC(C)(C)OC(=O)N[C@H]1CC[C@@H](C(=O)O)C[C@H]1N=[N+]=[N-]. The van der Waals surface area contributed by atoms with Crippen molar-refractivity contribution in [1.29, 1.82) is 0 Å². The fourth-order valence-corrected chi connectivity index (χ4v) is 2.19. The third-order valence-electron chi connectivity index (χ3n) is 3.07. The summed E-state index contributed by atoms with van der Waals surface area (Å²) in [4.78, 5) is 25.4. The van der Waals surface area contributed by atoms with Crippen LogP contribution < -0.4 is 5.32 Å². The van der Waals surface area contributed by atoms with E-state index in [4.69, 9.17) is 15.4 Å². The molecule has 8 heteroatoms. The smallest absolute Gasteiger partial charge is 0.407 e.